The second-order valence-electron chi connectivity index (χ2n) is 3.05. The van der Waals surface area contributed by atoms with Crippen LogP contribution in [0.5, 0.6) is 0 Å². The van der Waals surface area contributed by atoms with Crippen LogP contribution in [0.1, 0.15) is 11.1 Å². The van der Waals surface area contributed by atoms with Crippen molar-refractivity contribution in [2.24, 2.45) is 0 Å². The van der Waals surface area contributed by atoms with Crippen molar-refractivity contribution in [1.82, 2.24) is 0 Å². The second kappa shape index (κ2) is 4.16. The van der Waals surface area contributed by atoms with Gasteiger partial charge < -0.3 is 0 Å². The highest BCUT2D eigenvalue weighted by atomic mass is 35.7. The predicted molar refractivity (Wildman–Crippen MR) is 56.3 cm³/mol. The van der Waals surface area contributed by atoms with E-state index in [1.807, 2.05) is 0 Å². The van der Waals surface area contributed by atoms with Gasteiger partial charge in [0.15, 0.2) is 0 Å². The molecular weight excluding hydrogens is 242 g/mol. The molecule has 0 bridgehead atoms. The summed E-state index contributed by atoms with van der Waals surface area (Å²) in [5.74, 6) is -0.401. The maximum Gasteiger partial charge on any atom is 0.269 e. The third-order valence-electron chi connectivity index (χ3n) is 1.87. The highest BCUT2D eigenvalue weighted by molar-refractivity contribution is 8.13. The third-order valence-corrected chi connectivity index (χ3v) is 2.85. The van der Waals surface area contributed by atoms with Gasteiger partial charge in [-0.2, -0.15) is 0 Å². The van der Waals surface area contributed by atoms with E-state index >= 15 is 0 Å². The quantitative estimate of drug-likeness (QED) is 0.466. The number of halogens is 1. The molecule has 0 aromatic heterocycles. The van der Waals surface area contributed by atoms with E-state index in [0.717, 1.165) is 0 Å². The number of benzene rings is 1. The van der Waals surface area contributed by atoms with Crippen molar-refractivity contribution in [3.8, 4) is 0 Å². The van der Waals surface area contributed by atoms with Gasteiger partial charge in [-0.15, -0.1) is 0 Å². The summed E-state index contributed by atoms with van der Waals surface area (Å²) in [5.41, 5.74) is 0.861. The molecule has 0 atom stereocenters. The summed E-state index contributed by atoms with van der Waals surface area (Å²) in [7, 11) is 1.38. The summed E-state index contributed by atoms with van der Waals surface area (Å²) in [6.07, 6.45) is 0. The average molecular weight is 250 g/mol. The molecule has 0 radical (unpaired) electrons. The summed E-state index contributed by atoms with van der Waals surface area (Å²) < 4.78 is 21.7. The molecule has 0 aliphatic rings. The van der Waals surface area contributed by atoms with Gasteiger partial charge in [0.25, 0.3) is 5.69 Å². The number of hydrogen-bond donors (Lipinski definition) is 0. The Hall–Kier alpha value is -1.14. The molecule has 15 heavy (non-hydrogen) atoms. The molecular formula is C8H8ClNO4S. The predicted octanol–water partition coefficient (Wildman–Crippen LogP) is 1.97. The molecule has 0 aliphatic heterocycles. The zero-order valence-corrected chi connectivity index (χ0v) is 9.38. The number of nitro benzene ring substituents is 1. The molecule has 0 spiro atoms. The summed E-state index contributed by atoms with van der Waals surface area (Å²) in [6, 6.07) is 4.03. The minimum Gasteiger partial charge on any atom is -0.258 e. The fourth-order valence-corrected chi connectivity index (χ4v) is 2.15. The molecule has 0 heterocycles. The van der Waals surface area contributed by atoms with Gasteiger partial charge >= 0.3 is 0 Å². The molecule has 0 unspecified atom stereocenters. The molecule has 0 amide bonds. The van der Waals surface area contributed by atoms with Crippen LogP contribution in [0.3, 0.4) is 0 Å². The van der Waals surface area contributed by atoms with Gasteiger partial charge in [0.05, 0.1) is 10.7 Å². The van der Waals surface area contributed by atoms with Gasteiger partial charge in [-0.1, -0.05) is 6.07 Å². The van der Waals surface area contributed by atoms with Crippen LogP contribution >= 0.6 is 10.7 Å². The maximum absolute atomic E-state index is 10.8. The molecule has 1 rings (SSSR count). The van der Waals surface area contributed by atoms with E-state index in [1.54, 1.807) is 6.92 Å². The van der Waals surface area contributed by atoms with Crippen LogP contribution in [-0.4, -0.2) is 13.3 Å². The lowest BCUT2D eigenvalue weighted by atomic mass is 10.1. The first-order valence-electron chi connectivity index (χ1n) is 3.96. The lowest BCUT2D eigenvalue weighted by Gasteiger charge is -2.02. The normalized spacial score (nSPS) is 11.3. The van der Waals surface area contributed by atoms with Crippen LogP contribution in [0, 0.1) is 17.0 Å². The van der Waals surface area contributed by atoms with Gasteiger partial charge in [-0.3, -0.25) is 10.1 Å². The zero-order chi connectivity index (χ0) is 11.6. The first-order valence-corrected chi connectivity index (χ1v) is 6.44. The first kappa shape index (κ1) is 11.9. The highest BCUT2D eigenvalue weighted by Gasteiger charge is 2.13. The van der Waals surface area contributed by atoms with Crippen LogP contribution in [0.25, 0.3) is 0 Å². The molecule has 0 saturated carbocycles. The van der Waals surface area contributed by atoms with Crippen LogP contribution in [-0.2, 0) is 14.8 Å². The summed E-state index contributed by atoms with van der Waals surface area (Å²) >= 11 is 0. The minimum atomic E-state index is -3.69. The van der Waals surface area contributed by atoms with E-state index in [4.69, 9.17) is 10.7 Å². The van der Waals surface area contributed by atoms with Gasteiger partial charge in [0.2, 0.25) is 9.05 Å². The van der Waals surface area contributed by atoms with Crippen molar-refractivity contribution in [2.45, 2.75) is 12.7 Å². The first-order chi connectivity index (χ1) is 6.79. The lowest BCUT2D eigenvalue weighted by molar-refractivity contribution is -0.384. The molecule has 5 nitrogen and oxygen atoms in total. The second-order valence-corrected chi connectivity index (χ2v) is 5.83. The van der Waals surface area contributed by atoms with Gasteiger partial charge in [-0.05, 0) is 18.1 Å². The Labute approximate surface area is 91.2 Å². The maximum atomic E-state index is 10.8. The number of rotatable bonds is 3. The van der Waals surface area contributed by atoms with E-state index in [-0.39, 0.29) is 5.69 Å². The fourth-order valence-electron chi connectivity index (χ4n) is 1.11. The van der Waals surface area contributed by atoms with Gasteiger partial charge in [-0.25, -0.2) is 8.42 Å². The average Bonchev–Trinajstić information content (AvgIpc) is 2.06. The number of non-ortho nitro benzene ring substituents is 1. The van der Waals surface area contributed by atoms with Crippen molar-refractivity contribution in [1.29, 1.82) is 0 Å². The van der Waals surface area contributed by atoms with E-state index in [0.29, 0.717) is 11.1 Å². The molecule has 7 heteroatoms. The highest BCUT2D eigenvalue weighted by Crippen LogP contribution is 2.20. The van der Waals surface area contributed by atoms with E-state index < -0.39 is 19.7 Å². The number of aryl methyl sites for hydroxylation is 1. The van der Waals surface area contributed by atoms with Crippen LogP contribution in [0.4, 0.5) is 5.69 Å². The Kier molecular flexibility index (Phi) is 3.31. The smallest absolute Gasteiger partial charge is 0.258 e. The zero-order valence-electron chi connectivity index (χ0n) is 7.81. The summed E-state index contributed by atoms with van der Waals surface area (Å²) in [6.45, 7) is 1.67. The summed E-state index contributed by atoms with van der Waals surface area (Å²) in [5, 5.41) is 10.5. The van der Waals surface area contributed by atoms with Crippen molar-refractivity contribution < 1.29 is 13.3 Å². The largest absolute Gasteiger partial charge is 0.269 e. The molecule has 0 N–H and O–H groups in total. The lowest BCUT2D eigenvalue weighted by Crippen LogP contribution is -1.99. The fraction of sp³-hybridized carbons (Fsp3) is 0.250. The molecule has 0 saturated heterocycles. The van der Waals surface area contributed by atoms with Crippen LogP contribution in [0.2, 0.25) is 0 Å². The van der Waals surface area contributed by atoms with Gasteiger partial charge in [0, 0.05) is 22.8 Å². The Morgan fingerprint density at radius 1 is 1.47 bits per heavy atom. The minimum absolute atomic E-state index is 0.143. The molecule has 1 aromatic rings. The molecule has 0 aliphatic carbocycles. The third kappa shape index (κ3) is 3.49. The van der Waals surface area contributed by atoms with Crippen LogP contribution in [0.15, 0.2) is 18.2 Å². The van der Waals surface area contributed by atoms with Gasteiger partial charge in [0.1, 0.15) is 0 Å². The van der Waals surface area contributed by atoms with Crippen LogP contribution < -0.4 is 0 Å². The molecule has 82 valence electrons. The van der Waals surface area contributed by atoms with E-state index in [9.17, 15) is 18.5 Å². The number of nitrogens with zero attached hydrogens (tertiary/aromatic N) is 1. The number of nitro groups is 1. The monoisotopic (exact) mass is 249 g/mol. The van der Waals surface area contributed by atoms with Crippen molar-refractivity contribution in [2.75, 3.05) is 0 Å². The molecule has 0 fully saturated rings. The Bertz CT molecular complexity index is 497. The molecule has 1 aromatic carbocycles. The Balaban J connectivity index is 3.17. The van der Waals surface area contributed by atoms with E-state index in [2.05, 4.69) is 0 Å². The summed E-state index contributed by atoms with van der Waals surface area (Å²) in [4.78, 5) is 9.87. The Morgan fingerprint density at radius 2 is 2.07 bits per heavy atom. The number of hydrogen-bond acceptors (Lipinski definition) is 4. The Morgan fingerprint density at radius 3 is 2.53 bits per heavy atom. The SMILES string of the molecule is Cc1ccc([N+](=O)[O-])cc1CS(=O)(=O)Cl. The van der Waals surface area contributed by atoms with Crippen molar-refractivity contribution >= 4 is 25.4 Å². The topological polar surface area (TPSA) is 77.3 Å². The van der Waals surface area contributed by atoms with Crippen molar-refractivity contribution in [3.05, 3.63) is 39.4 Å². The van der Waals surface area contributed by atoms with Crippen molar-refractivity contribution in [3.63, 3.8) is 0 Å². The standard InChI is InChI=1S/C8H8ClNO4S/c1-6-2-3-8(10(11)12)4-7(6)5-15(9,13)14/h2-4H,5H2,1H3. The van der Waals surface area contributed by atoms with E-state index in [1.165, 1.54) is 18.2 Å².